The number of ketones is 1. The minimum absolute atomic E-state index is 0.0184. The summed E-state index contributed by atoms with van der Waals surface area (Å²) in [6.07, 6.45) is 9.52. The average molecular weight is 335 g/mol. The Morgan fingerprint density at radius 3 is 2.35 bits per heavy atom. The van der Waals surface area contributed by atoms with E-state index in [1.807, 2.05) is 6.08 Å². The van der Waals surface area contributed by atoms with Crippen LogP contribution in [-0.4, -0.2) is 19.7 Å². The van der Waals surface area contributed by atoms with Crippen molar-refractivity contribution < 1.29 is 9.22 Å². The summed E-state index contributed by atoms with van der Waals surface area (Å²) in [5.74, 6) is 0.241. The number of hydrogen-bond donors (Lipinski definition) is 0. The standard InChI is InChI=1S/C20H34O2Si/c1-7-23(8-2,9-3)22-19(5,6)18-17(21)12-15-20(18)13-10-16(4)11-14-20/h10,12,15,18H,7-9,11,13-14H2,1-6H3. The van der Waals surface area contributed by atoms with E-state index < -0.39 is 8.32 Å². The van der Waals surface area contributed by atoms with Crippen LogP contribution >= 0.6 is 0 Å². The fourth-order valence-electron chi connectivity index (χ4n) is 4.75. The molecule has 23 heavy (non-hydrogen) atoms. The SMILES string of the molecule is CC[Si](CC)(CC)OC(C)(C)C1C(=O)C=CC12CC=C(C)CC2. The molecule has 0 radical (unpaired) electrons. The highest BCUT2D eigenvalue weighted by atomic mass is 28.4. The van der Waals surface area contributed by atoms with Crippen molar-refractivity contribution in [1.82, 2.24) is 0 Å². The molecule has 2 unspecified atom stereocenters. The quantitative estimate of drug-likeness (QED) is 0.463. The molecule has 0 aromatic rings. The van der Waals surface area contributed by atoms with Gasteiger partial charge >= 0.3 is 0 Å². The minimum Gasteiger partial charge on any atom is -0.411 e. The Hall–Kier alpha value is -0.673. The summed E-state index contributed by atoms with van der Waals surface area (Å²) in [4.78, 5) is 12.8. The molecule has 130 valence electrons. The Morgan fingerprint density at radius 1 is 1.26 bits per heavy atom. The second-order valence-corrected chi connectivity index (χ2v) is 12.8. The lowest BCUT2D eigenvalue weighted by atomic mass is 9.63. The maximum atomic E-state index is 12.8. The molecular formula is C20H34O2Si. The van der Waals surface area contributed by atoms with Crippen molar-refractivity contribution >= 4 is 14.1 Å². The van der Waals surface area contributed by atoms with Crippen LogP contribution in [0.15, 0.2) is 23.8 Å². The van der Waals surface area contributed by atoms with E-state index in [4.69, 9.17) is 4.43 Å². The van der Waals surface area contributed by atoms with Gasteiger partial charge in [-0.2, -0.15) is 0 Å². The highest BCUT2D eigenvalue weighted by Gasteiger charge is 2.53. The van der Waals surface area contributed by atoms with Crippen LogP contribution in [0.1, 0.15) is 60.8 Å². The molecule has 0 N–H and O–H groups in total. The molecule has 0 aliphatic heterocycles. The van der Waals surface area contributed by atoms with Crippen LogP contribution < -0.4 is 0 Å². The maximum absolute atomic E-state index is 12.8. The first-order valence-electron chi connectivity index (χ1n) is 9.33. The lowest BCUT2D eigenvalue weighted by Crippen LogP contribution is -2.53. The zero-order valence-corrected chi connectivity index (χ0v) is 16.9. The molecule has 1 spiro atoms. The summed E-state index contributed by atoms with van der Waals surface area (Å²) < 4.78 is 6.84. The highest BCUT2D eigenvalue weighted by Crippen LogP contribution is 2.52. The van der Waals surface area contributed by atoms with Crippen LogP contribution in [0.4, 0.5) is 0 Å². The second kappa shape index (κ2) is 6.68. The van der Waals surface area contributed by atoms with E-state index in [-0.39, 0.29) is 22.7 Å². The fourth-order valence-corrected chi connectivity index (χ4v) is 7.92. The Morgan fingerprint density at radius 2 is 1.87 bits per heavy atom. The van der Waals surface area contributed by atoms with Crippen LogP contribution in [0.5, 0.6) is 0 Å². The molecule has 0 amide bonds. The summed E-state index contributed by atoms with van der Waals surface area (Å²) in [6.45, 7) is 13.3. The first-order chi connectivity index (χ1) is 10.7. The largest absolute Gasteiger partial charge is 0.411 e. The number of hydrogen-bond acceptors (Lipinski definition) is 2. The van der Waals surface area contributed by atoms with Gasteiger partial charge in [0, 0.05) is 5.41 Å². The second-order valence-electron chi connectivity index (χ2n) is 8.11. The predicted octanol–water partition coefficient (Wildman–Crippen LogP) is 5.66. The third-order valence-electron chi connectivity index (χ3n) is 6.36. The monoisotopic (exact) mass is 334 g/mol. The summed E-state index contributed by atoms with van der Waals surface area (Å²) >= 11 is 0. The molecular weight excluding hydrogens is 300 g/mol. The Balaban J connectivity index is 2.31. The van der Waals surface area contributed by atoms with Gasteiger partial charge in [-0.25, -0.2) is 0 Å². The summed E-state index contributed by atoms with van der Waals surface area (Å²) in [5.41, 5.74) is 1.06. The zero-order chi connectivity index (χ0) is 17.3. The summed E-state index contributed by atoms with van der Waals surface area (Å²) in [7, 11) is -1.74. The summed E-state index contributed by atoms with van der Waals surface area (Å²) in [6, 6.07) is 3.39. The molecule has 0 fully saturated rings. The van der Waals surface area contributed by atoms with E-state index in [0.717, 1.165) is 37.4 Å². The van der Waals surface area contributed by atoms with Gasteiger partial charge < -0.3 is 4.43 Å². The molecule has 0 saturated heterocycles. The Bertz CT molecular complexity index is 505. The lowest BCUT2D eigenvalue weighted by Gasteiger charge is -2.48. The fraction of sp³-hybridized carbons (Fsp3) is 0.750. The third kappa shape index (κ3) is 3.41. The van der Waals surface area contributed by atoms with Crippen LogP contribution in [0.2, 0.25) is 18.1 Å². The molecule has 3 heteroatoms. The van der Waals surface area contributed by atoms with Gasteiger partial charge in [0.05, 0.1) is 11.5 Å². The first-order valence-corrected chi connectivity index (χ1v) is 11.9. The molecule has 0 heterocycles. The highest BCUT2D eigenvalue weighted by molar-refractivity contribution is 6.73. The van der Waals surface area contributed by atoms with Crippen LogP contribution in [0.25, 0.3) is 0 Å². The first kappa shape index (κ1) is 18.7. The van der Waals surface area contributed by atoms with Crippen molar-refractivity contribution in [2.75, 3.05) is 0 Å². The average Bonchev–Trinajstić information content (AvgIpc) is 2.86. The lowest BCUT2D eigenvalue weighted by molar-refractivity contribution is -0.129. The van der Waals surface area contributed by atoms with Crippen LogP contribution in [0.3, 0.4) is 0 Å². The van der Waals surface area contributed by atoms with Gasteiger partial charge in [0.1, 0.15) is 0 Å². The van der Waals surface area contributed by atoms with E-state index in [1.54, 1.807) is 0 Å². The number of allylic oxidation sites excluding steroid dienone is 4. The molecule has 2 atom stereocenters. The summed E-state index contributed by atoms with van der Waals surface area (Å²) in [5, 5.41) is 0. The van der Waals surface area contributed by atoms with Gasteiger partial charge in [-0.3, -0.25) is 4.79 Å². The van der Waals surface area contributed by atoms with Crippen molar-refractivity contribution in [3.8, 4) is 0 Å². The van der Waals surface area contributed by atoms with Gasteiger partial charge in [0.15, 0.2) is 14.1 Å². The molecule has 2 nitrogen and oxygen atoms in total. The number of carbonyl (C=O) groups excluding carboxylic acids is 1. The maximum Gasteiger partial charge on any atom is 0.192 e. The van der Waals surface area contributed by atoms with Gasteiger partial charge in [0.2, 0.25) is 0 Å². The van der Waals surface area contributed by atoms with E-state index in [0.29, 0.717) is 0 Å². The molecule has 2 aliphatic rings. The van der Waals surface area contributed by atoms with Crippen LogP contribution in [-0.2, 0) is 9.22 Å². The van der Waals surface area contributed by atoms with Crippen LogP contribution in [0, 0.1) is 11.3 Å². The van der Waals surface area contributed by atoms with Gasteiger partial charge in [-0.15, -0.1) is 0 Å². The molecule has 2 aliphatic carbocycles. The molecule has 0 saturated carbocycles. The minimum atomic E-state index is -1.74. The predicted molar refractivity (Wildman–Crippen MR) is 100 cm³/mol. The molecule has 0 aromatic heterocycles. The third-order valence-corrected chi connectivity index (χ3v) is 11.2. The smallest absolute Gasteiger partial charge is 0.192 e. The molecule has 0 aromatic carbocycles. The van der Waals surface area contributed by atoms with E-state index in [9.17, 15) is 4.79 Å². The van der Waals surface area contributed by atoms with Crippen molar-refractivity contribution in [3.05, 3.63) is 23.8 Å². The topological polar surface area (TPSA) is 26.3 Å². The van der Waals surface area contributed by atoms with E-state index in [2.05, 4.69) is 53.7 Å². The van der Waals surface area contributed by atoms with Gasteiger partial charge in [-0.1, -0.05) is 38.5 Å². The Labute approximate surface area is 143 Å². The molecule has 2 rings (SSSR count). The number of carbonyl (C=O) groups is 1. The van der Waals surface area contributed by atoms with E-state index in [1.165, 1.54) is 5.57 Å². The van der Waals surface area contributed by atoms with Crippen molar-refractivity contribution in [3.63, 3.8) is 0 Å². The van der Waals surface area contributed by atoms with E-state index >= 15 is 0 Å². The van der Waals surface area contributed by atoms with Gasteiger partial charge in [-0.05, 0) is 64.2 Å². The number of rotatable bonds is 6. The van der Waals surface area contributed by atoms with Crippen molar-refractivity contribution in [2.45, 2.75) is 84.5 Å². The van der Waals surface area contributed by atoms with Gasteiger partial charge in [0.25, 0.3) is 0 Å². The van der Waals surface area contributed by atoms with Crippen molar-refractivity contribution in [1.29, 1.82) is 0 Å². The van der Waals surface area contributed by atoms with Crippen molar-refractivity contribution in [2.24, 2.45) is 11.3 Å². The molecule has 0 bridgehead atoms. The Kier molecular flexibility index (Phi) is 5.42. The normalized spacial score (nSPS) is 28.5. The zero-order valence-electron chi connectivity index (χ0n) is 15.9.